The Morgan fingerprint density at radius 1 is 1.45 bits per heavy atom. The molecule has 11 heavy (non-hydrogen) atoms. The van der Waals surface area contributed by atoms with Crippen LogP contribution in [0.3, 0.4) is 0 Å². The van der Waals surface area contributed by atoms with Gasteiger partial charge in [-0.3, -0.25) is 14.4 Å². The molecule has 62 valence electrons. The van der Waals surface area contributed by atoms with Crippen molar-refractivity contribution in [3.63, 3.8) is 0 Å². The van der Waals surface area contributed by atoms with E-state index in [1.54, 1.807) is 0 Å². The second-order valence-corrected chi connectivity index (χ2v) is 2.11. The highest BCUT2D eigenvalue weighted by Gasteiger charge is 2.07. The average Bonchev–Trinajstić information content (AvgIpc) is 1.84. The van der Waals surface area contributed by atoms with Crippen molar-refractivity contribution >= 4 is 18.2 Å². The number of hydrogen-bond donors (Lipinski definition) is 1. The first-order chi connectivity index (χ1) is 5.06. The number of carbonyl (C=O) groups excluding carboxylic acids is 2. The van der Waals surface area contributed by atoms with Crippen LogP contribution in [0.4, 0.5) is 0 Å². The van der Waals surface area contributed by atoms with E-state index < -0.39 is 12.5 Å². The molecular formula is C6H9NO4. The number of ketones is 1. The predicted molar refractivity (Wildman–Crippen MR) is 36.0 cm³/mol. The van der Waals surface area contributed by atoms with Crippen molar-refractivity contribution in [2.45, 2.75) is 6.92 Å². The first-order valence-electron chi connectivity index (χ1n) is 2.97. The molecule has 0 bridgehead atoms. The maximum absolute atomic E-state index is 10.4. The minimum absolute atomic E-state index is 0.143. The fourth-order valence-electron chi connectivity index (χ4n) is 0.590. The summed E-state index contributed by atoms with van der Waals surface area (Å²) >= 11 is 0. The van der Waals surface area contributed by atoms with Gasteiger partial charge in [-0.15, -0.1) is 0 Å². The Balaban J connectivity index is 3.85. The van der Waals surface area contributed by atoms with E-state index in [2.05, 4.69) is 0 Å². The molecule has 0 heterocycles. The first-order valence-corrected chi connectivity index (χ1v) is 2.97. The van der Waals surface area contributed by atoms with Crippen molar-refractivity contribution in [3.8, 4) is 0 Å². The van der Waals surface area contributed by atoms with Gasteiger partial charge in [0.2, 0.25) is 6.41 Å². The van der Waals surface area contributed by atoms with Gasteiger partial charge in [0.25, 0.3) is 0 Å². The van der Waals surface area contributed by atoms with Gasteiger partial charge < -0.3 is 10.0 Å². The molecule has 0 aromatic heterocycles. The minimum Gasteiger partial charge on any atom is -0.480 e. The van der Waals surface area contributed by atoms with Crippen molar-refractivity contribution in [1.29, 1.82) is 0 Å². The third-order valence-corrected chi connectivity index (χ3v) is 0.913. The largest absolute Gasteiger partial charge is 0.480 e. The number of nitrogens with zero attached hydrogens (tertiary/aromatic N) is 1. The molecule has 0 aromatic carbocycles. The molecule has 0 aromatic rings. The lowest BCUT2D eigenvalue weighted by Crippen LogP contribution is -2.32. The molecule has 0 unspecified atom stereocenters. The Bertz CT molecular complexity index is 161. The van der Waals surface area contributed by atoms with Gasteiger partial charge in [-0.2, -0.15) is 0 Å². The monoisotopic (exact) mass is 159 g/mol. The molecule has 0 aliphatic carbocycles. The zero-order valence-electron chi connectivity index (χ0n) is 6.11. The molecule has 0 saturated carbocycles. The SMILES string of the molecule is CC(=O)CN(C=O)CC(=O)O. The molecule has 5 heteroatoms. The molecule has 0 atom stereocenters. The van der Waals surface area contributed by atoms with Crippen molar-refractivity contribution in [1.82, 2.24) is 4.90 Å². The molecule has 0 aliphatic rings. The van der Waals surface area contributed by atoms with Crippen molar-refractivity contribution in [3.05, 3.63) is 0 Å². The maximum Gasteiger partial charge on any atom is 0.323 e. The topological polar surface area (TPSA) is 74.7 Å². The van der Waals surface area contributed by atoms with E-state index in [1.807, 2.05) is 0 Å². The van der Waals surface area contributed by atoms with E-state index in [1.165, 1.54) is 6.92 Å². The Labute approximate surface area is 63.6 Å². The van der Waals surface area contributed by atoms with Gasteiger partial charge in [0.05, 0.1) is 6.54 Å². The molecule has 5 nitrogen and oxygen atoms in total. The lowest BCUT2D eigenvalue weighted by molar-refractivity contribution is -0.141. The smallest absolute Gasteiger partial charge is 0.323 e. The molecular weight excluding hydrogens is 150 g/mol. The normalized spacial score (nSPS) is 8.82. The Morgan fingerprint density at radius 3 is 2.27 bits per heavy atom. The summed E-state index contributed by atoms with van der Waals surface area (Å²) in [6.45, 7) is 0.719. The van der Waals surface area contributed by atoms with Crippen molar-refractivity contribution in [2.75, 3.05) is 13.1 Å². The van der Waals surface area contributed by atoms with E-state index in [9.17, 15) is 14.4 Å². The van der Waals surface area contributed by atoms with E-state index in [-0.39, 0.29) is 12.3 Å². The number of carbonyl (C=O) groups is 3. The highest BCUT2D eigenvalue weighted by molar-refractivity contribution is 5.81. The summed E-state index contributed by atoms with van der Waals surface area (Å²) in [6, 6.07) is 0. The summed E-state index contributed by atoms with van der Waals surface area (Å²) in [5, 5.41) is 8.22. The molecule has 0 rings (SSSR count). The zero-order chi connectivity index (χ0) is 8.85. The lowest BCUT2D eigenvalue weighted by atomic mass is 10.4. The average molecular weight is 159 g/mol. The fourth-order valence-corrected chi connectivity index (χ4v) is 0.590. The van der Waals surface area contributed by atoms with E-state index in [4.69, 9.17) is 5.11 Å². The van der Waals surface area contributed by atoms with Crippen LogP contribution in [0, 0.1) is 0 Å². The number of Topliss-reactive ketones (excluding diaryl/α,β-unsaturated/α-hetero) is 1. The van der Waals surface area contributed by atoms with Crippen LogP contribution >= 0.6 is 0 Å². The van der Waals surface area contributed by atoms with E-state index in [0.29, 0.717) is 6.41 Å². The Hall–Kier alpha value is -1.39. The van der Waals surface area contributed by atoms with Crippen LogP contribution in [0.2, 0.25) is 0 Å². The summed E-state index contributed by atoms with van der Waals surface area (Å²) in [5.41, 5.74) is 0. The summed E-state index contributed by atoms with van der Waals surface area (Å²) in [7, 11) is 0. The van der Waals surface area contributed by atoms with Gasteiger partial charge in [-0.25, -0.2) is 0 Å². The highest BCUT2D eigenvalue weighted by atomic mass is 16.4. The van der Waals surface area contributed by atoms with Crippen LogP contribution in [-0.4, -0.2) is 41.3 Å². The third kappa shape index (κ3) is 5.07. The van der Waals surface area contributed by atoms with Crippen LogP contribution < -0.4 is 0 Å². The Morgan fingerprint density at radius 2 is 2.00 bits per heavy atom. The van der Waals surface area contributed by atoms with Gasteiger partial charge in [0.1, 0.15) is 12.3 Å². The second kappa shape index (κ2) is 4.43. The van der Waals surface area contributed by atoms with Gasteiger partial charge in [-0.05, 0) is 6.92 Å². The number of hydrogen-bond acceptors (Lipinski definition) is 3. The third-order valence-electron chi connectivity index (χ3n) is 0.913. The number of amides is 1. The standard InChI is InChI=1S/C6H9NO4/c1-5(9)2-7(4-8)3-6(10)11/h4H,2-3H2,1H3,(H,10,11). The van der Waals surface area contributed by atoms with Gasteiger partial charge in [-0.1, -0.05) is 0 Å². The molecule has 0 fully saturated rings. The number of aliphatic carboxylic acids is 1. The maximum atomic E-state index is 10.4. The molecule has 0 aliphatic heterocycles. The number of carboxylic acids is 1. The van der Waals surface area contributed by atoms with Gasteiger partial charge in [0.15, 0.2) is 0 Å². The zero-order valence-corrected chi connectivity index (χ0v) is 6.11. The molecule has 0 spiro atoms. The molecule has 1 amide bonds. The summed E-state index contributed by atoms with van der Waals surface area (Å²) in [6.07, 6.45) is 0.343. The number of carboxylic acid groups (broad SMARTS) is 1. The quantitative estimate of drug-likeness (QED) is 0.528. The molecule has 0 saturated heterocycles. The molecule has 0 radical (unpaired) electrons. The molecule has 1 N–H and O–H groups in total. The summed E-state index contributed by atoms with van der Waals surface area (Å²) < 4.78 is 0. The fraction of sp³-hybridized carbons (Fsp3) is 0.500. The van der Waals surface area contributed by atoms with Crippen molar-refractivity contribution in [2.24, 2.45) is 0 Å². The van der Waals surface area contributed by atoms with Gasteiger partial charge in [0, 0.05) is 0 Å². The van der Waals surface area contributed by atoms with Crippen LogP contribution in [-0.2, 0) is 14.4 Å². The van der Waals surface area contributed by atoms with Crippen LogP contribution in [0.15, 0.2) is 0 Å². The minimum atomic E-state index is -1.13. The van der Waals surface area contributed by atoms with Crippen LogP contribution in [0.5, 0.6) is 0 Å². The summed E-state index contributed by atoms with van der Waals surface area (Å²) in [5.74, 6) is -1.36. The second-order valence-electron chi connectivity index (χ2n) is 2.11. The van der Waals surface area contributed by atoms with Gasteiger partial charge >= 0.3 is 5.97 Å². The van der Waals surface area contributed by atoms with Crippen LogP contribution in [0.25, 0.3) is 0 Å². The lowest BCUT2D eigenvalue weighted by Gasteiger charge is -2.11. The van der Waals surface area contributed by atoms with E-state index in [0.717, 1.165) is 4.90 Å². The van der Waals surface area contributed by atoms with Crippen LogP contribution in [0.1, 0.15) is 6.92 Å². The first kappa shape index (κ1) is 9.61. The highest BCUT2D eigenvalue weighted by Crippen LogP contribution is 1.82. The van der Waals surface area contributed by atoms with Crippen molar-refractivity contribution < 1.29 is 19.5 Å². The number of rotatable bonds is 5. The van der Waals surface area contributed by atoms with E-state index >= 15 is 0 Å². The Kier molecular flexibility index (Phi) is 3.87. The summed E-state index contributed by atoms with van der Waals surface area (Å²) in [4.78, 5) is 31.4. The predicted octanol–water partition coefficient (Wildman–Crippen LogP) is -0.882.